The Balaban J connectivity index is 1.71. The van der Waals surface area contributed by atoms with E-state index < -0.39 is 4.92 Å². The van der Waals surface area contributed by atoms with Gasteiger partial charge < -0.3 is 5.32 Å². The van der Waals surface area contributed by atoms with Crippen molar-refractivity contribution in [1.82, 2.24) is 9.78 Å². The van der Waals surface area contributed by atoms with Crippen molar-refractivity contribution in [3.63, 3.8) is 0 Å². The van der Waals surface area contributed by atoms with Gasteiger partial charge in [-0.15, -0.1) is 11.3 Å². The lowest BCUT2D eigenvalue weighted by atomic mass is 10.2. The maximum atomic E-state index is 12.4. The van der Waals surface area contributed by atoms with Gasteiger partial charge in [-0.3, -0.25) is 19.6 Å². The van der Waals surface area contributed by atoms with Gasteiger partial charge in [-0.05, 0) is 41.6 Å². The van der Waals surface area contributed by atoms with Gasteiger partial charge in [0.2, 0.25) is 0 Å². The SMILES string of the molecule is Cc1c(Cl)cccc1NC(=O)c1cc(Cn2cc([N+](=O)[O-])cn2)cs1. The molecular formula is C16H13ClN4O3S. The molecule has 25 heavy (non-hydrogen) atoms. The molecule has 0 spiro atoms. The Bertz CT molecular complexity index is 951. The number of nitro groups is 1. The Morgan fingerprint density at radius 2 is 2.28 bits per heavy atom. The van der Waals surface area contributed by atoms with Crippen molar-refractivity contribution in [2.75, 3.05) is 5.32 Å². The van der Waals surface area contributed by atoms with E-state index in [-0.39, 0.29) is 11.6 Å². The Morgan fingerprint density at radius 3 is 3.00 bits per heavy atom. The lowest BCUT2D eigenvalue weighted by Gasteiger charge is -2.08. The number of aromatic nitrogens is 2. The van der Waals surface area contributed by atoms with E-state index in [1.54, 1.807) is 24.3 Å². The molecule has 3 rings (SSSR count). The smallest absolute Gasteiger partial charge is 0.307 e. The summed E-state index contributed by atoms with van der Waals surface area (Å²) in [4.78, 5) is 23.1. The molecule has 3 aromatic rings. The zero-order chi connectivity index (χ0) is 18.0. The number of benzene rings is 1. The molecule has 0 radical (unpaired) electrons. The van der Waals surface area contributed by atoms with Crippen LogP contribution in [-0.2, 0) is 6.54 Å². The molecule has 0 fully saturated rings. The fourth-order valence-electron chi connectivity index (χ4n) is 2.22. The number of amides is 1. The number of nitrogens with zero attached hydrogens (tertiary/aromatic N) is 3. The van der Waals surface area contributed by atoms with E-state index in [0.717, 1.165) is 11.1 Å². The molecule has 2 aromatic heterocycles. The molecule has 9 heteroatoms. The molecule has 0 unspecified atom stereocenters. The first kappa shape index (κ1) is 17.1. The van der Waals surface area contributed by atoms with Crippen LogP contribution in [0.1, 0.15) is 20.8 Å². The van der Waals surface area contributed by atoms with Crippen molar-refractivity contribution in [1.29, 1.82) is 0 Å². The molecule has 1 N–H and O–H groups in total. The molecule has 2 heterocycles. The molecule has 0 saturated heterocycles. The Kier molecular flexibility index (Phi) is 4.82. The third-order valence-electron chi connectivity index (χ3n) is 3.57. The minimum atomic E-state index is -0.497. The van der Waals surface area contributed by atoms with Crippen LogP contribution < -0.4 is 5.32 Å². The van der Waals surface area contributed by atoms with Gasteiger partial charge >= 0.3 is 5.69 Å². The summed E-state index contributed by atoms with van der Waals surface area (Å²) in [6.45, 7) is 2.19. The normalized spacial score (nSPS) is 10.6. The number of hydrogen-bond donors (Lipinski definition) is 1. The molecule has 7 nitrogen and oxygen atoms in total. The number of thiophene rings is 1. The standard InChI is InChI=1S/C16H13ClN4O3S/c1-10-13(17)3-2-4-14(10)19-16(22)15-5-11(9-25-15)7-20-8-12(6-18-20)21(23)24/h2-6,8-9H,7H2,1H3,(H,19,22). The number of carbonyl (C=O) groups is 1. The predicted molar refractivity (Wildman–Crippen MR) is 96.4 cm³/mol. The number of nitrogens with one attached hydrogen (secondary N) is 1. The maximum absolute atomic E-state index is 12.4. The largest absolute Gasteiger partial charge is 0.321 e. The zero-order valence-electron chi connectivity index (χ0n) is 13.1. The predicted octanol–water partition coefficient (Wildman–Crippen LogP) is 4.12. The quantitative estimate of drug-likeness (QED) is 0.535. The molecule has 0 atom stereocenters. The molecule has 1 amide bonds. The third-order valence-corrected chi connectivity index (χ3v) is 4.96. The molecule has 0 saturated carbocycles. The Labute approximate surface area is 152 Å². The second-order valence-corrected chi connectivity index (χ2v) is 6.66. The maximum Gasteiger partial charge on any atom is 0.307 e. The number of rotatable bonds is 5. The average molecular weight is 377 g/mol. The molecular weight excluding hydrogens is 364 g/mol. The van der Waals surface area contributed by atoms with E-state index in [9.17, 15) is 14.9 Å². The summed E-state index contributed by atoms with van der Waals surface area (Å²) in [5.41, 5.74) is 2.24. The summed E-state index contributed by atoms with van der Waals surface area (Å²) in [6, 6.07) is 7.07. The number of carbonyl (C=O) groups excluding carboxylic acids is 1. The molecule has 1 aromatic carbocycles. The highest BCUT2D eigenvalue weighted by atomic mass is 35.5. The average Bonchev–Trinajstić information content (AvgIpc) is 3.22. The van der Waals surface area contributed by atoms with E-state index in [2.05, 4.69) is 10.4 Å². The van der Waals surface area contributed by atoms with Crippen LogP contribution in [0.5, 0.6) is 0 Å². The summed E-state index contributed by atoms with van der Waals surface area (Å²) in [7, 11) is 0. The number of hydrogen-bond acceptors (Lipinski definition) is 5. The van der Waals surface area contributed by atoms with Crippen LogP contribution in [0.4, 0.5) is 11.4 Å². The zero-order valence-corrected chi connectivity index (χ0v) is 14.7. The van der Waals surface area contributed by atoms with Crippen LogP contribution >= 0.6 is 22.9 Å². The first-order valence-corrected chi connectivity index (χ1v) is 8.50. The van der Waals surface area contributed by atoms with Gasteiger partial charge in [-0.2, -0.15) is 5.10 Å². The van der Waals surface area contributed by atoms with Crippen LogP contribution in [0.25, 0.3) is 0 Å². The van der Waals surface area contributed by atoms with E-state index in [0.29, 0.717) is 22.1 Å². The van der Waals surface area contributed by atoms with Crippen LogP contribution in [0.15, 0.2) is 42.0 Å². The van der Waals surface area contributed by atoms with Crippen molar-refractivity contribution in [3.05, 3.63) is 73.2 Å². The van der Waals surface area contributed by atoms with Gasteiger partial charge in [-0.1, -0.05) is 17.7 Å². The molecule has 0 aliphatic carbocycles. The van der Waals surface area contributed by atoms with Crippen molar-refractivity contribution in [2.45, 2.75) is 13.5 Å². The minimum absolute atomic E-state index is 0.0652. The fraction of sp³-hybridized carbons (Fsp3) is 0.125. The highest BCUT2D eigenvalue weighted by Crippen LogP contribution is 2.24. The summed E-state index contributed by atoms with van der Waals surface area (Å²) in [6.07, 6.45) is 2.55. The summed E-state index contributed by atoms with van der Waals surface area (Å²) in [5, 5.41) is 19.9. The topological polar surface area (TPSA) is 90.1 Å². The van der Waals surface area contributed by atoms with Gasteiger partial charge in [0.1, 0.15) is 12.4 Å². The Morgan fingerprint density at radius 1 is 1.48 bits per heavy atom. The second kappa shape index (κ2) is 7.04. The van der Waals surface area contributed by atoms with Crippen molar-refractivity contribution < 1.29 is 9.72 Å². The van der Waals surface area contributed by atoms with Gasteiger partial charge in [0.15, 0.2) is 0 Å². The van der Waals surface area contributed by atoms with Gasteiger partial charge in [0.25, 0.3) is 5.91 Å². The highest BCUT2D eigenvalue weighted by Gasteiger charge is 2.13. The summed E-state index contributed by atoms with van der Waals surface area (Å²) >= 11 is 7.35. The molecule has 0 bridgehead atoms. The highest BCUT2D eigenvalue weighted by molar-refractivity contribution is 7.12. The number of halogens is 1. The van der Waals surface area contributed by atoms with Crippen molar-refractivity contribution in [2.24, 2.45) is 0 Å². The molecule has 0 aliphatic rings. The van der Waals surface area contributed by atoms with Crippen LogP contribution in [0, 0.1) is 17.0 Å². The molecule has 128 valence electrons. The van der Waals surface area contributed by atoms with Crippen molar-refractivity contribution in [3.8, 4) is 0 Å². The van der Waals surface area contributed by atoms with E-state index in [4.69, 9.17) is 11.6 Å². The second-order valence-electron chi connectivity index (χ2n) is 5.34. The third kappa shape index (κ3) is 3.86. The number of anilines is 1. The van der Waals surface area contributed by atoms with E-state index in [1.807, 2.05) is 12.3 Å². The van der Waals surface area contributed by atoms with Crippen LogP contribution in [-0.4, -0.2) is 20.6 Å². The molecule has 0 aliphatic heterocycles. The van der Waals surface area contributed by atoms with Gasteiger partial charge in [0.05, 0.1) is 16.3 Å². The lowest BCUT2D eigenvalue weighted by molar-refractivity contribution is -0.385. The van der Waals surface area contributed by atoms with Gasteiger partial charge in [0, 0.05) is 10.7 Å². The Hall–Kier alpha value is -2.71. The fourth-order valence-corrected chi connectivity index (χ4v) is 3.20. The summed E-state index contributed by atoms with van der Waals surface area (Å²) < 4.78 is 1.46. The first-order valence-electron chi connectivity index (χ1n) is 7.25. The van der Waals surface area contributed by atoms with Gasteiger partial charge in [-0.25, -0.2) is 0 Å². The minimum Gasteiger partial charge on any atom is -0.321 e. The van der Waals surface area contributed by atoms with Crippen LogP contribution in [0.3, 0.4) is 0 Å². The van der Waals surface area contributed by atoms with E-state index in [1.165, 1.54) is 28.4 Å². The van der Waals surface area contributed by atoms with Crippen molar-refractivity contribution >= 4 is 40.2 Å². The van der Waals surface area contributed by atoms with E-state index >= 15 is 0 Å². The lowest BCUT2D eigenvalue weighted by Crippen LogP contribution is -2.11. The monoisotopic (exact) mass is 376 g/mol. The van der Waals surface area contributed by atoms with Crippen LogP contribution in [0.2, 0.25) is 5.02 Å². The first-order chi connectivity index (χ1) is 11.9. The summed E-state index contributed by atoms with van der Waals surface area (Å²) in [5.74, 6) is -0.229.